The van der Waals surface area contributed by atoms with E-state index >= 15 is 0 Å². The molecular formula is C8H14N4O2. The normalized spacial score (nSPS) is 11.4. The fraction of sp³-hybridized carbons (Fsp3) is 0.625. The molecule has 0 fully saturated rings. The van der Waals surface area contributed by atoms with Crippen LogP contribution in [0.3, 0.4) is 0 Å². The van der Waals surface area contributed by atoms with Crippen LogP contribution in [0.2, 0.25) is 0 Å². The molecule has 1 heterocycles. The molecular weight excluding hydrogens is 184 g/mol. The van der Waals surface area contributed by atoms with Crippen LogP contribution in [-0.2, 0) is 15.1 Å². The van der Waals surface area contributed by atoms with Gasteiger partial charge in [-0.3, -0.25) is 0 Å². The Hall–Kier alpha value is -1.59. The topological polar surface area (TPSA) is 83.0 Å². The molecule has 0 atom stereocenters. The molecule has 0 saturated carbocycles. The van der Waals surface area contributed by atoms with Gasteiger partial charge in [0.25, 0.3) is 0 Å². The Morgan fingerprint density at radius 3 is 2.79 bits per heavy atom. The summed E-state index contributed by atoms with van der Waals surface area (Å²) in [5.74, 6) is -0.0991. The molecule has 78 valence electrons. The second kappa shape index (κ2) is 3.65. The number of rotatable bonds is 3. The number of carbonyl (C=O) groups excluding carboxylic acids is 1. The molecule has 0 saturated heterocycles. The smallest absolute Gasteiger partial charge is 0.335 e. The van der Waals surface area contributed by atoms with Crippen LogP contribution in [0, 0.1) is 0 Å². The second-order valence-corrected chi connectivity index (χ2v) is 3.34. The molecule has 0 aromatic carbocycles. The first-order valence-electron chi connectivity index (χ1n) is 4.34. The van der Waals surface area contributed by atoms with Gasteiger partial charge in [-0.15, -0.1) is 5.10 Å². The molecule has 0 aliphatic rings. The van der Waals surface area contributed by atoms with E-state index in [4.69, 9.17) is 10.5 Å². The molecule has 6 heteroatoms. The van der Waals surface area contributed by atoms with Crippen LogP contribution >= 0.6 is 0 Å². The maximum Gasteiger partial charge on any atom is 0.335 e. The first kappa shape index (κ1) is 10.5. The van der Waals surface area contributed by atoms with Crippen molar-refractivity contribution in [3.8, 4) is 0 Å². The van der Waals surface area contributed by atoms with E-state index in [1.165, 1.54) is 11.0 Å². The predicted octanol–water partition coefficient (Wildman–Crippen LogP) is 0.158. The van der Waals surface area contributed by atoms with Gasteiger partial charge in [-0.2, -0.15) is 9.90 Å². The van der Waals surface area contributed by atoms with E-state index in [2.05, 4.69) is 10.2 Å². The van der Waals surface area contributed by atoms with Crippen LogP contribution in [0.4, 0.5) is 5.82 Å². The first-order chi connectivity index (χ1) is 6.48. The van der Waals surface area contributed by atoms with Gasteiger partial charge in [-0.25, -0.2) is 4.79 Å². The zero-order valence-electron chi connectivity index (χ0n) is 8.52. The number of hydrogen-bond acceptors (Lipinski definition) is 5. The van der Waals surface area contributed by atoms with Crippen molar-refractivity contribution in [1.82, 2.24) is 15.0 Å². The molecule has 0 unspecified atom stereocenters. The average Bonchev–Trinajstić information content (AvgIpc) is 2.52. The van der Waals surface area contributed by atoms with Crippen LogP contribution in [0.15, 0.2) is 6.20 Å². The second-order valence-electron chi connectivity index (χ2n) is 3.34. The summed E-state index contributed by atoms with van der Waals surface area (Å²) in [5.41, 5.74) is 4.48. The molecule has 1 aromatic heterocycles. The lowest BCUT2D eigenvalue weighted by molar-refractivity contribution is -0.153. The number of nitrogens with two attached hydrogens (primary N) is 1. The van der Waals surface area contributed by atoms with Crippen molar-refractivity contribution in [2.45, 2.75) is 26.3 Å². The summed E-state index contributed by atoms with van der Waals surface area (Å²) in [4.78, 5) is 12.8. The summed E-state index contributed by atoms with van der Waals surface area (Å²) in [7, 11) is 0. The fourth-order valence-corrected chi connectivity index (χ4v) is 0.934. The van der Waals surface area contributed by atoms with Crippen molar-refractivity contribution in [1.29, 1.82) is 0 Å². The summed E-state index contributed by atoms with van der Waals surface area (Å²) >= 11 is 0. The Balaban J connectivity index is 2.89. The van der Waals surface area contributed by atoms with Crippen LogP contribution in [0.25, 0.3) is 0 Å². The Morgan fingerprint density at radius 1 is 1.71 bits per heavy atom. The molecule has 1 rings (SSSR count). The number of carbonyl (C=O) groups is 1. The molecule has 6 nitrogen and oxygen atoms in total. The largest absolute Gasteiger partial charge is 0.464 e. The molecule has 2 N–H and O–H groups in total. The fourth-order valence-electron chi connectivity index (χ4n) is 0.934. The van der Waals surface area contributed by atoms with E-state index in [-0.39, 0.29) is 11.8 Å². The summed E-state index contributed by atoms with van der Waals surface area (Å²) in [6.45, 7) is 5.42. The molecule has 1 aromatic rings. The lowest BCUT2D eigenvalue weighted by atomic mass is 10.1. The monoisotopic (exact) mass is 198 g/mol. The number of nitrogens with zero attached hydrogens (tertiary/aromatic N) is 3. The van der Waals surface area contributed by atoms with Gasteiger partial charge < -0.3 is 10.5 Å². The molecule has 0 aliphatic carbocycles. The van der Waals surface area contributed by atoms with Gasteiger partial charge in [0, 0.05) is 0 Å². The van der Waals surface area contributed by atoms with Crippen LogP contribution in [0.5, 0.6) is 0 Å². The molecule has 0 bridgehead atoms. The highest BCUT2D eigenvalue weighted by Crippen LogP contribution is 2.15. The molecule has 0 amide bonds. The van der Waals surface area contributed by atoms with Crippen LogP contribution in [-0.4, -0.2) is 27.6 Å². The Bertz CT molecular complexity index is 332. The minimum atomic E-state index is -0.923. The average molecular weight is 198 g/mol. The van der Waals surface area contributed by atoms with Crippen molar-refractivity contribution in [3.05, 3.63) is 6.20 Å². The number of anilines is 1. The van der Waals surface area contributed by atoms with E-state index in [1.807, 2.05) is 0 Å². The van der Waals surface area contributed by atoms with Gasteiger partial charge in [-0.05, 0) is 20.8 Å². The maximum atomic E-state index is 11.5. The van der Waals surface area contributed by atoms with E-state index in [0.717, 1.165) is 0 Å². The third kappa shape index (κ3) is 1.84. The highest BCUT2D eigenvalue weighted by molar-refractivity contribution is 5.77. The van der Waals surface area contributed by atoms with Gasteiger partial charge in [0.05, 0.1) is 12.8 Å². The van der Waals surface area contributed by atoms with E-state index < -0.39 is 5.54 Å². The lowest BCUT2D eigenvalue weighted by Gasteiger charge is -2.20. The number of nitrogen functional groups attached to an aromatic ring is 1. The van der Waals surface area contributed by atoms with Gasteiger partial charge in [-0.1, -0.05) is 0 Å². The highest BCUT2D eigenvalue weighted by Gasteiger charge is 2.33. The minimum absolute atomic E-state index is 0.280. The molecule has 14 heavy (non-hydrogen) atoms. The zero-order valence-corrected chi connectivity index (χ0v) is 8.52. The van der Waals surface area contributed by atoms with Gasteiger partial charge in [0.15, 0.2) is 11.4 Å². The van der Waals surface area contributed by atoms with Gasteiger partial charge >= 0.3 is 5.97 Å². The molecule has 0 spiro atoms. The number of aromatic nitrogens is 3. The zero-order chi connectivity index (χ0) is 10.8. The van der Waals surface area contributed by atoms with Crippen molar-refractivity contribution < 1.29 is 9.53 Å². The van der Waals surface area contributed by atoms with Crippen molar-refractivity contribution in [2.75, 3.05) is 12.3 Å². The SMILES string of the molecule is CCOC(=O)C(C)(C)n1ncc(N)n1. The summed E-state index contributed by atoms with van der Waals surface area (Å²) in [5, 5.41) is 7.74. The van der Waals surface area contributed by atoms with Crippen molar-refractivity contribution in [2.24, 2.45) is 0 Å². The number of esters is 1. The Kier molecular flexibility index (Phi) is 2.73. The highest BCUT2D eigenvalue weighted by atomic mass is 16.5. The first-order valence-corrected chi connectivity index (χ1v) is 4.34. The van der Waals surface area contributed by atoms with E-state index in [0.29, 0.717) is 6.61 Å². The number of ether oxygens (including phenoxy) is 1. The van der Waals surface area contributed by atoms with E-state index in [1.54, 1.807) is 20.8 Å². The Labute approximate surface area is 82.0 Å². The standard InChI is InChI=1S/C8H14N4O2/c1-4-14-7(13)8(2,3)12-10-5-6(9)11-12/h5H,4H2,1-3H3,(H2,9,11). The summed E-state index contributed by atoms with van der Waals surface area (Å²) in [6, 6.07) is 0. The van der Waals surface area contributed by atoms with Gasteiger partial charge in [0.2, 0.25) is 0 Å². The van der Waals surface area contributed by atoms with Crippen molar-refractivity contribution in [3.63, 3.8) is 0 Å². The summed E-state index contributed by atoms with van der Waals surface area (Å²) in [6.07, 6.45) is 1.39. The quantitative estimate of drug-likeness (QED) is 0.699. The minimum Gasteiger partial charge on any atom is -0.464 e. The van der Waals surface area contributed by atoms with Crippen molar-refractivity contribution >= 4 is 11.8 Å². The lowest BCUT2D eigenvalue weighted by Crippen LogP contribution is -2.39. The van der Waals surface area contributed by atoms with Crippen LogP contribution < -0.4 is 5.73 Å². The van der Waals surface area contributed by atoms with Gasteiger partial charge in [0.1, 0.15) is 0 Å². The predicted molar refractivity (Wildman–Crippen MR) is 50.4 cm³/mol. The van der Waals surface area contributed by atoms with Crippen LogP contribution in [0.1, 0.15) is 20.8 Å². The van der Waals surface area contributed by atoms with E-state index in [9.17, 15) is 4.79 Å². The molecule has 0 aliphatic heterocycles. The number of hydrogen-bond donors (Lipinski definition) is 1. The molecule has 0 radical (unpaired) electrons. The third-order valence-corrected chi connectivity index (χ3v) is 1.78. The summed E-state index contributed by atoms with van der Waals surface area (Å²) < 4.78 is 4.89. The Morgan fingerprint density at radius 2 is 2.36 bits per heavy atom. The third-order valence-electron chi connectivity index (χ3n) is 1.78. The maximum absolute atomic E-state index is 11.5.